The number of hydrogen-bond donors (Lipinski definition) is 1. The molecular formula is C34H39Cl2FN6O2S. The molecule has 1 aliphatic carbocycles. The maximum absolute atomic E-state index is 15.1. The molecule has 2 aromatic rings. The van der Waals surface area contributed by atoms with Gasteiger partial charge in [0.25, 0.3) is 5.91 Å². The molecule has 1 aromatic carbocycles. The van der Waals surface area contributed by atoms with Crippen molar-refractivity contribution in [3.63, 3.8) is 0 Å². The quantitative estimate of drug-likeness (QED) is 0.366. The van der Waals surface area contributed by atoms with Crippen LogP contribution in [0, 0.1) is 18.7 Å². The zero-order valence-corrected chi connectivity index (χ0v) is 29.1. The molecule has 3 fully saturated rings. The van der Waals surface area contributed by atoms with E-state index in [1.165, 1.54) is 17.8 Å². The number of nitrogens with one attached hydrogen (secondary N) is 1. The van der Waals surface area contributed by atoms with Crippen LogP contribution >= 0.6 is 35.0 Å². The minimum absolute atomic E-state index is 0.0478. The largest absolute Gasteiger partial charge is 0.335 e. The lowest BCUT2D eigenvalue weighted by Crippen LogP contribution is -2.61. The van der Waals surface area contributed by atoms with Crippen molar-refractivity contribution in [2.75, 3.05) is 19.6 Å². The van der Waals surface area contributed by atoms with Crippen LogP contribution < -0.4 is 5.32 Å². The van der Waals surface area contributed by atoms with E-state index in [0.717, 1.165) is 48.2 Å². The van der Waals surface area contributed by atoms with Crippen molar-refractivity contribution in [3.8, 4) is 0 Å². The topological polar surface area (TPSA) is 81.1 Å². The molecule has 0 bridgehead atoms. The molecule has 8 nitrogen and oxygen atoms in total. The van der Waals surface area contributed by atoms with Gasteiger partial charge in [0, 0.05) is 48.7 Å². The van der Waals surface area contributed by atoms with E-state index in [4.69, 9.17) is 28.2 Å². The number of allylic oxidation sites excluding steroid dienone is 1. The van der Waals surface area contributed by atoms with Gasteiger partial charge in [0.1, 0.15) is 27.5 Å². The summed E-state index contributed by atoms with van der Waals surface area (Å²) < 4.78 is 15.1. The standard InChI is InChI=1S/C34H39Cl2FN6O2S/c1-18(2)27-28(31(45)41-12-6-7-25(41)30(44)42-17-34(10-11-34)39-15-20(42)4)46-32-40-33(5,21-8-9-26(36)38-16-21)29(43(27)32)22-14-24(37)23(35)13-19(22)3/h8-9,13-14,16,18,20,25,29,39H,6-7,10-12,15,17H2,1-5H3/t20-,25-,29+,33-/m0/s1. The number of amidine groups is 1. The number of nitrogens with zero attached hydrogens (tertiary/aromatic N) is 5. The maximum Gasteiger partial charge on any atom is 0.263 e. The van der Waals surface area contributed by atoms with Gasteiger partial charge < -0.3 is 20.0 Å². The molecule has 1 aromatic heterocycles. The maximum atomic E-state index is 15.1. The fraction of sp³-hybridized carbons (Fsp3) is 0.529. The zero-order chi connectivity index (χ0) is 32.7. The molecule has 7 rings (SSSR count). The van der Waals surface area contributed by atoms with Crippen LogP contribution in [0.4, 0.5) is 4.39 Å². The van der Waals surface area contributed by atoms with Gasteiger partial charge in [-0.1, -0.05) is 43.1 Å². The number of carbonyl (C=O) groups is 2. The predicted octanol–water partition coefficient (Wildman–Crippen LogP) is 6.42. The van der Waals surface area contributed by atoms with Crippen LogP contribution in [0.15, 0.2) is 46.1 Å². The highest BCUT2D eigenvalue weighted by Gasteiger charge is 2.55. The second-order valence-corrected chi connectivity index (χ2v) is 15.7. The third kappa shape index (κ3) is 5.15. The van der Waals surface area contributed by atoms with Crippen molar-refractivity contribution >= 4 is 51.9 Å². The van der Waals surface area contributed by atoms with E-state index in [9.17, 15) is 9.59 Å². The number of hydrogen-bond acceptors (Lipinski definition) is 7. The molecule has 4 atom stereocenters. The summed E-state index contributed by atoms with van der Waals surface area (Å²) in [4.78, 5) is 44.7. The number of carbonyl (C=O) groups excluding carboxylic acids is 2. The minimum Gasteiger partial charge on any atom is -0.335 e. The van der Waals surface area contributed by atoms with Gasteiger partial charge in [0.15, 0.2) is 5.17 Å². The Morgan fingerprint density at radius 1 is 1.17 bits per heavy atom. The molecule has 0 unspecified atom stereocenters. The summed E-state index contributed by atoms with van der Waals surface area (Å²) in [5.41, 5.74) is 2.36. The molecule has 0 radical (unpaired) electrons. The van der Waals surface area contributed by atoms with E-state index in [0.29, 0.717) is 34.7 Å². The van der Waals surface area contributed by atoms with Crippen LogP contribution in [-0.4, -0.2) is 73.9 Å². The number of aliphatic imine (C=N–C) groups is 1. The van der Waals surface area contributed by atoms with Crippen LogP contribution in [-0.2, 0) is 15.1 Å². The average Bonchev–Trinajstić information content (AvgIpc) is 3.31. The van der Waals surface area contributed by atoms with Crippen LogP contribution in [0.1, 0.15) is 76.1 Å². The number of benzene rings is 1. The van der Waals surface area contributed by atoms with Gasteiger partial charge >= 0.3 is 0 Å². The number of amides is 2. The summed E-state index contributed by atoms with van der Waals surface area (Å²) in [6.45, 7) is 12.1. The molecule has 1 saturated carbocycles. The predicted molar refractivity (Wildman–Crippen MR) is 180 cm³/mol. The minimum atomic E-state index is -0.872. The average molecular weight is 686 g/mol. The van der Waals surface area contributed by atoms with Gasteiger partial charge in [-0.15, -0.1) is 0 Å². The Balaban J connectivity index is 1.27. The Kier molecular flexibility index (Phi) is 7.98. The molecule has 5 aliphatic rings. The Bertz CT molecular complexity index is 1680. The van der Waals surface area contributed by atoms with Crippen molar-refractivity contribution in [1.29, 1.82) is 0 Å². The van der Waals surface area contributed by atoms with Crippen LogP contribution in [0.25, 0.3) is 0 Å². The monoisotopic (exact) mass is 684 g/mol. The molecule has 2 amide bonds. The number of halogens is 3. The molecule has 46 heavy (non-hydrogen) atoms. The van der Waals surface area contributed by atoms with Crippen LogP contribution in [0.3, 0.4) is 0 Å². The first-order valence-electron chi connectivity index (χ1n) is 16.1. The van der Waals surface area contributed by atoms with Crippen molar-refractivity contribution in [1.82, 2.24) is 25.0 Å². The third-order valence-corrected chi connectivity index (χ3v) is 12.0. The summed E-state index contributed by atoms with van der Waals surface area (Å²) in [7, 11) is 0. The summed E-state index contributed by atoms with van der Waals surface area (Å²) in [6, 6.07) is 5.86. The summed E-state index contributed by atoms with van der Waals surface area (Å²) in [5, 5.41) is 4.70. The smallest absolute Gasteiger partial charge is 0.263 e. The van der Waals surface area contributed by atoms with E-state index >= 15 is 4.39 Å². The lowest BCUT2D eigenvalue weighted by Gasteiger charge is -2.41. The third-order valence-electron chi connectivity index (χ3n) is 10.4. The zero-order valence-electron chi connectivity index (χ0n) is 26.7. The number of aryl methyl sites for hydroxylation is 1. The lowest BCUT2D eigenvalue weighted by molar-refractivity contribution is -0.144. The number of pyridine rings is 1. The second kappa shape index (κ2) is 11.5. The van der Waals surface area contributed by atoms with Crippen molar-refractivity contribution < 1.29 is 14.0 Å². The first-order chi connectivity index (χ1) is 21.8. The summed E-state index contributed by atoms with van der Waals surface area (Å²) in [5.74, 6) is -0.673. The van der Waals surface area contributed by atoms with E-state index < -0.39 is 23.4 Å². The Labute approximate surface area is 283 Å². The highest BCUT2D eigenvalue weighted by molar-refractivity contribution is 8.18. The fourth-order valence-corrected chi connectivity index (χ4v) is 9.31. The van der Waals surface area contributed by atoms with Gasteiger partial charge in [-0.2, -0.15) is 0 Å². The number of likely N-dealkylation sites (tertiary alicyclic amines) is 1. The van der Waals surface area contributed by atoms with Gasteiger partial charge in [0.05, 0.1) is 11.1 Å². The number of aromatic nitrogens is 1. The first-order valence-corrected chi connectivity index (χ1v) is 17.7. The van der Waals surface area contributed by atoms with E-state index in [1.54, 1.807) is 23.2 Å². The first kappa shape index (κ1) is 31.9. The van der Waals surface area contributed by atoms with Crippen LogP contribution in [0.5, 0.6) is 0 Å². The molecule has 5 heterocycles. The molecule has 4 aliphatic heterocycles. The summed E-state index contributed by atoms with van der Waals surface area (Å²) in [6.07, 6.45) is 5.31. The van der Waals surface area contributed by atoms with E-state index in [2.05, 4.69) is 36.0 Å². The SMILES string of the molecule is Cc1cc(Cl)c(F)cc1[C@H]1N2C(=N[C@@]1(C)c1ccc(Cl)nc1)SC(C(=O)N1CCC[C@H]1C(=O)N1CC3(CC3)NC[C@@H]1C)=C2C(C)C. The highest BCUT2D eigenvalue weighted by atomic mass is 35.5. The van der Waals surface area contributed by atoms with Crippen molar-refractivity contribution in [2.24, 2.45) is 10.9 Å². The number of thioether (sulfide) groups is 1. The highest BCUT2D eigenvalue weighted by Crippen LogP contribution is 2.57. The number of piperazine rings is 1. The Hall–Kier alpha value is -2.66. The van der Waals surface area contributed by atoms with Gasteiger partial charge in [-0.05, 0) is 93.5 Å². The van der Waals surface area contributed by atoms with Gasteiger partial charge in [-0.3, -0.25) is 9.59 Å². The van der Waals surface area contributed by atoms with Gasteiger partial charge in [-0.25, -0.2) is 14.4 Å². The number of fused-ring (bicyclic) bond motifs is 1. The molecule has 244 valence electrons. The molecule has 1 N–H and O–H groups in total. The van der Waals surface area contributed by atoms with E-state index in [1.807, 2.05) is 24.8 Å². The van der Waals surface area contributed by atoms with Crippen LogP contribution in [0.2, 0.25) is 10.2 Å². The molecule has 2 saturated heterocycles. The molecule has 1 spiro atoms. The van der Waals surface area contributed by atoms with E-state index in [-0.39, 0.29) is 34.3 Å². The fourth-order valence-electron chi connectivity index (χ4n) is 7.61. The molecule has 12 heteroatoms. The van der Waals surface area contributed by atoms with Crippen molar-refractivity contribution in [2.45, 2.75) is 89.5 Å². The molecular weight excluding hydrogens is 646 g/mol. The number of rotatable bonds is 5. The lowest BCUT2D eigenvalue weighted by atomic mass is 9.80. The summed E-state index contributed by atoms with van der Waals surface area (Å²) >= 11 is 13.7. The van der Waals surface area contributed by atoms with Crippen molar-refractivity contribution in [3.05, 3.63) is 73.7 Å². The van der Waals surface area contributed by atoms with Gasteiger partial charge in [0.2, 0.25) is 5.91 Å². The second-order valence-electron chi connectivity index (χ2n) is 13.9. The Morgan fingerprint density at radius 3 is 2.61 bits per heavy atom. The Morgan fingerprint density at radius 2 is 1.93 bits per heavy atom. The normalized spacial score (nSPS) is 28.4.